The van der Waals surface area contributed by atoms with Crippen molar-refractivity contribution in [2.24, 2.45) is 0 Å². The fourth-order valence-electron chi connectivity index (χ4n) is 1.14. The number of nitrogens with zero attached hydrogens (tertiary/aromatic N) is 1. The minimum atomic E-state index is -0.443. The molecule has 0 N–H and O–H groups in total. The zero-order valence-corrected chi connectivity index (χ0v) is 8.62. The van der Waals surface area contributed by atoms with Gasteiger partial charge in [-0.1, -0.05) is 11.6 Å². The molecule has 0 saturated heterocycles. The molecule has 0 aliphatic rings. The summed E-state index contributed by atoms with van der Waals surface area (Å²) in [6.45, 7) is 1.73. The van der Waals surface area contributed by atoms with Crippen molar-refractivity contribution < 1.29 is 9.66 Å². The average Bonchev–Trinajstić information content (AvgIpc) is 2.16. The molecule has 0 bridgehead atoms. The highest BCUT2D eigenvalue weighted by Crippen LogP contribution is 2.29. The van der Waals surface area contributed by atoms with E-state index in [9.17, 15) is 10.1 Å². The predicted molar refractivity (Wildman–Crippen MR) is 53.5 cm³/mol. The van der Waals surface area contributed by atoms with Crippen LogP contribution in [0.15, 0.2) is 18.2 Å². The van der Waals surface area contributed by atoms with Gasteiger partial charge in [0.05, 0.1) is 16.6 Å². The lowest BCUT2D eigenvalue weighted by Crippen LogP contribution is -2.01. The van der Waals surface area contributed by atoms with Crippen LogP contribution >= 0.6 is 11.6 Å². The summed E-state index contributed by atoms with van der Waals surface area (Å²) in [5, 5.41) is 11.1. The molecule has 0 saturated carbocycles. The van der Waals surface area contributed by atoms with Gasteiger partial charge in [0.15, 0.2) is 0 Å². The van der Waals surface area contributed by atoms with Crippen LogP contribution in [0.25, 0.3) is 0 Å². The van der Waals surface area contributed by atoms with Crippen LogP contribution in [0.5, 0.6) is 0 Å². The molecule has 5 heteroatoms. The highest BCUT2D eigenvalue weighted by molar-refractivity contribution is 6.30. The quantitative estimate of drug-likeness (QED) is 0.575. The Morgan fingerprint density at radius 1 is 1.57 bits per heavy atom. The van der Waals surface area contributed by atoms with Crippen LogP contribution in [-0.2, 0) is 4.74 Å². The van der Waals surface area contributed by atoms with E-state index in [2.05, 4.69) is 0 Å². The predicted octanol–water partition coefficient (Wildman–Crippen LogP) is 2.96. The molecule has 0 amide bonds. The fourth-order valence-corrected chi connectivity index (χ4v) is 1.32. The van der Waals surface area contributed by atoms with Gasteiger partial charge in [-0.3, -0.25) is 10.1 Å². The second-order valence-electron chi connectivity index (χ2n) is 2.84. The Balaban J connectivity index is 3.22. The highest BCUT2D eigenvalue weighted by atomic mass is 35.5. The van der Waals surface area contributed by atoms with Crippen LogP contribution in [0.3, 0.4) is 0 Å². The van der Waals surface area contributed by atoms with E-state index in [0.29, 0.717) is 10.6 Å². The molecule has 1 atom stereocenters. The third-order valence-electron chi connectivity index (χ3n) is 1.98. The van der Waals surface area contributed by atoms with Crippen LogP contribution in [-0.4, -0.2) is 12.0 Å². The smallest absolute Gasteiger partial charge is 0.275 e. The van der Waals surface area contributed by atoms with Gasteiger partial charge in [0.1, 0.15) is 0 Å². The molecule has 1 unspecified atom stereocenters. The fraction of sp³-hybridized carbons (Fsp3) is 0.333. The van der Waals surface area contributed by atoms with Crippen molar-refractivity contribution in [3.8, 4) is 0 Å². The zero-order valence-electron chi connectivity index (χ0n) is 7.86. The molecule has 1 aromatic rings. The van der Waals surface area contributed by atoms with E-state index in [1.165, 1.54) is 19.2 Å². The van der Waals surface area contributed by atoms with Gasteiger partial charge in [0.25, 0.3) is 5.69 Å². The topological polar surface area (TPSA) is 52.4 Å². The van der Waals surface area contributed by atoms with Gasteiger partial charge in [-0.15, -0.1) is 0 Å². The first kappa shape index (κ1) is 10.9. The maximum Gasteiger partial charge on any atom is 0.275 e. The molecule has 0 aromatic heterocycles. The molecule has 0 radical (unpaired) electrons. The Labute approximate surface area is 86.6 Å². The van der Waals surface area contributed by atoms with Gasteiger partial charge in [-0.05, 0) is 19.1 Å². The van der Waals surface area contributed by atoms with Crippen LogP contribution in [0, 0.1) is 10.1 Å². The highest BCUT2D eigenvalue weighted by Gasteiger charge is 2.18. The molecule has 1 aromatic carbocycles. The number of nitro groups is 1. The number of methoxy groups -OCH3 is 1. The van der Waals surface area contributed by atoms with E-state index in [-0.39, 0.29) is 11.8 Å². The molecule has 76 valence electrons. The molecular formula is C9H10ClNO3. The van der Waals surface area contributed by atoms with Crippen molar-refractivity contribution in [3.05, 3.63) is 38.9 Å². The summed E-state index contributed by atoms with van der Waals surface area (Å²) < 4.78 is 5.02. The van der Waals surface area contributed by atoms with Gasteiger partial charge in [-0.25, -0.2) is 0 Å². The van der Waals surface area contributed by atoms with Crippen LogP contribution in [0.1, 0.15) is 18.6 Å². The Kier molecular flexibility index (Phi) is 3.43. The first-order chi connectivity index (χ1) is 6.56. The van der Waals surface area contributed by atoms with Gasteiger partial charge in [-0.2, -0.15) is 0 Å². The van der Waals surface area contributed by atoms with Crippen LogP contribution in [0.4, 0.5) is 5.69 Å². The summed E-state index contributed by atoms with van der Waals surface area (Å²) in [5.74, 6) is 0. The van der Waals surface area contributed by atoms with Crippen molar-refractivity contribution in [3.63, 3.8) is 0 Å². The van der Waals surface area contributed by atoms with Crippen molar-refractivity contribution >= 4 is 17.3 Å². The summed E-state index contributed by atoms with van der Waals surface area (Å²) in [5.41, 5.74) is 0.522. The monoisotopic (exact) mass is 215 g/mol. The number of rotatable bonds is 3. The van der Waals surface area contributed by atoms with E-state index >= 15 is 0 Å². The molecule has 0 aliphatic heterocycles. The number of halogens is 1. The van der Waals surface area contributed by atoms with Crippen molar-refractivity contribution in [2.45, 2.75) is 13.0 Å². The van der Waals surface area contributed by atoms with E-state index < -0.39 is 4.92 Å². The Bertz CT molecular complexity index is 354. The molecule has 14 heavy (non-hydrogen) atoms. The Morgan fingerprint density at radius 3 is 2.71 bits per heavy atom. The van der Waals surface area contributed by atoms with Crippen molar-refractivity contribution in [1.82, 2.24) is 0 Å². The molecule has 4 nitrogen and oxygen atoms in total. The minimum absolute atomic E-state index is 0.0313. The molecule has 0 spiro atoms. The first-order valence-electron chi connectivity index (χ1n) is 4.03. The second kappa shape index (κ2) is 4.39. The third kappa shape index (κ3) is 2.21. The maximum absolute atomic E-state index is 10.7. The number of nitro benzene ring substituents is 1. The lowest BCUT2D eigenvalue weighted by Gasteiger charge is -2.10. The molecular weight excluding hydrogens is 206 g/mol. The normalized spacial score (nSPS) is 12.5. The number of hydrogen-bond acceptors (Lipinski definition) is 3. The van der Waals surface area contributed by atoms with Gasteiger partial charge in [0.2, 0.25) is 0 Å². The largest absolute Gasteiger partial charge is 0.377 e. The second-order valence-corrected chi connectivity index (χ2v) is 3.27. The Morgan fingerprint density at radius 2 is 2.21 bits per heavy atom. The summed E-state index contributed by atoms with van der Waals surface area (Å²) >= 11 is 5.74. The molecule has 0 fully saturated rings. The molecule has 0 heterocycles. The number of benzene rings is 1. The average molecular weight is 216 g/mol. The third-order valence-corrected chi connectivity index (χ3v) is 2.21. The van der Waals surface area contributed by atoms with Crippen molar-refractivity contribution in [1.29, 1.82) is 0 Å². The van der Waals surface area contributed by atoms with Crippen LogP contribution in [0.2, 0.25) is 5.02 Å². The minimum Gasteiger partial charge on any atom is -0.377 e. The zero-order chi connectivity index (χ0) is 10.7. The summed E-state index contributed by atoms with van der Waals surface area (Å²) in [4.78, 5) is 10.2. The lowest BCUT2D eigenvalue weighted by molar-refractivity contribution is -0.386. The molecule has 0 aliphatic carbocycles. The number of ether oxygens (including phenoxy) is 1. The molecule has 1 rings (SSSR count). The van der Waals surface area contributed by atoms with E-state index in [1.807, 2.05) is 0 Å². The van der Waals surface area contributed by atoms with E-state index in [0.717, 1.165) is 0 Å². The van der Waals surface area contributed by atoms with Gasteiger partial charge < -0.3 is 4.74 Å². The SMILES string of the molecule is COC(C)c1cc(Cl)ccc1[N+](=O)[O-]. The summed E-state index contributed by atoms with van der Waals surface area (Å²) in [6.07, 6.45) is -0.339. The summed E-state index contributed by atoms with van der Waals surface area (Å²) in [6, 6.07) is 4.42. The van der Waals surface area contributed by atoms with Crippen LogP contribution < -0.4 is 0 Å². The van der Waals surface area contributed by atoms with Gasteiger partial charge in [0, 0.05) is 18.2 Å². The standard InChI is InChI=1S/C9H10ClNO3/c1-6(14-2)8-5-7(10)3-4-9(8)11(12)13/h3-6H,1-2H3. The van der Waals surface area contributed by atoms with Gasteiger partial charge >= 0.3 is 0 Å². The maximum atomic E-state index is 10.7. The summed E-state index contributed by atoms with van der Waals surface area (Å²) in [7, 11) is 1.50. The van der Waals surface area contributed by atoms with Crippen molar-refractivity contribution in [2.75, 3.05) is 7.11 Å². The number of hydrogen-bond donors (Lipinski definition) is 0. The van der Waals surface area contributed by atoms with E-state index in [1.54, 1.807) is 13.0 Å². The first-order valence-corrected chi connectivity index (χ1v) is 4.40. The lowest BCUT2D eigenvalue weighted by atomic mass is 10.1. The van der Waals surface area contributed by atoms with E-state index in [4.69, 9.17) is 16.3 Å². The Hall–Kier alpha value is -1.13.